The van der Waals surface area contributed by atoms with E-state index < -0.39 is 0 Å². The summed E-state index contributed by atoms with van der Waals surface area (Å²) in [7, 11) is 0. The highest BCUT2D eigenvalue weighted by Crippen LogP contribution is 2.38. The lowest BCUT2D eigenvalue weighted by molar-refractivity contribution is -0.129. The summed E-state index contributed by atoms with van der Waals surface area (Å²) in [5, 5.41) is 11.3. The number of hydrogen-bond acceptors (Lipinski definition) is 5. The van der Waals surface area contributed by atoms with Crippen molar-refractivity contribution in [2.75, 3.05) is 13.1 Å². The summed E-state index contributed by atoms with van der Waals surface area (Å²) in [6.45, 7) is 2.36. The van der Waals surface area contributed by atoms with Crippen LogP contribution in [0.5, 0.6) is 0 Å². The molecule has 1 N–H and O–H groups in total. The number of hydrogen-bond donors (Lipinski definition) is 1. The van der Waals surface area contributed by atoms with Gasteiger partial charge in [-0.1, -0.05) is 30.3 Å². The number of nitrogens with zero attached hydrogens (tertiary/aromatic N) is 4. The predicted molar refractivity (Wildman–Crippen MR) is 107 cm³/mol. The maximum Gasteiger partial charge on any atom is 0.289 e. The molecule has 1 fully saturated rings. The van der Waals surface area contributed by atoms with E-state index in [-0.39, 0.29) is 17.7 Å². The summed E-state index contributed by atoms with van der Waals surface area (Å²) < 4.78 is 7.16. The number of nitrogens with one attached hydrogen (secondary N) is 1. The summed E-state index contributed by atoms with van der Waals surface area (Å²) >= 11 is 0. The summed E-state index contributed by atoms with van der Waals surface area (Å²) in [6.07, 6.45) is 2.89. The second-order valence-electron chi connectivity index (χ2n) is 7.91. The third kappa shape index (κ3) is 3.49. The third-order valence-electron chi connectivity index (χ3n) is 6.03. The smallest absolute Gasteiger partial charge is 0.289 e. The first-order valence-electron chi connectivity index (χ1n) is 10.2. The SMILES string of the molecule is O=C(NCc1ccco1)c1nnc2n1CC[C@H]1CN(C(=O)Cc3ccccc3)C[C@H]21. The molecule has 0 spiro atoms. The molecule has 2 amide bonds. The van der Waals surface area contributed by atoms with Gasteiger partial charge in [0.05, 0.1) is 19.2 Å². The monoisotopic (exact) mass is 405 g/mol. The zero-order valence-corrected chi connectivity index (χ0v) is 16.5. The molecule has 30 heavy (non-hydrogen) atoms. The number of rotatable bonds is 5. The number of fused-ring (bicyclic) bond motifs is 3. The second kappa shape index (κ2) is 7.78. The van der Waals surface area contributed by atoms with Crippen LogP contribution in [-0.2, 0) is 24.3 Å². The van der Waals surface area contributed by atoms with Crippen LogP contribution >= 0.6 is 0 Å². The molecule has 4 heterocycles. The van der Waals surface area contributed by atoms with Crippen LogP contribution < -0.4 is 5.32 Å². The second-order valence-corrected chi connectivity index (χ2v) is 7.91. The van der Waals surface area contributed by atoms with E-state index in [1.54, 1.807) is 12.3 Å². The highest BCUT2D eigenvalue weighted by molar-refractivity contribution is 5.90. The largest absolute Gasteiger partial charge is 0.467 e. The average Bonchev–Trinajstić information content (AvgIpc) is 3.51. The average molecular weight is 405 g/mol. The lowest BCUT2D eigenvalue weighted by atomic mass is 9.89. The minimum absolute atomic E-state index is 0.123. The minimum atomic E-state index is -0.265. The van der Waals surface area contributed by atoms with E-state index in [9.17, 15) is 9.59 Å². The van der Waals surface area contributed by atoms with Crippen molar-refractivity contribution in [2.45, 2.75) is 31.8 Å². The molecule has 154 valence electrons. The van der Waals surface area contributed by atoms with Crippen molar-refractivity contribution < 1.29 is 14.0 Å². The molecule has 0 aliphatic carbocycles. The van der Waals surface area contributed by atoms with Gasteiger partial charge in [0.25, 0.3) is 5.91 Å². The van der Waals surface area contributed by atoms with Gasteiger partial charge in [-0.3, -0.25) is 9.59 Å². The highest BCUT2D eigenvalue weighted by Gasteiger charge is 2.42. The van der Waals surface area contributed by atoms with Crippen molar-refractivity contribution in [3.8, 4) is 0 Å². The maximum atomic E-state index is 12.8. The van der Waals surface area contributed by atoms with Gasteiger partial charge < -0.3 is 19.2 Å². The van der Waals surface area contributed by atoms with E-state index in [1.807, 2.05) is 45.9 Å². The Morgan fingerprint density at radius 2 is 1.97 bits per heavy atom. The number of carbonyl (C=O) groups is 2. The molecule has 2 aliphatic rings. The summed E-state index contributed by atoms with van der Waals surface area (Å²) in [4.78, 5) is 27.3. The topological polar surface area (TPSA) is 93.3 Å². The molecular weight excluding hydrogens is 382 g/mol. The van der Waals surface area contributed by atoms with Crippen molar-refractivity contribution in [3.63, 3.8) is 0 Å². The highest BCUT2D eigenvalue weighted by atomic mass is 16.3. The van der Waals surface area contributed by atoms with E-state index in [4.69, 9.17) is 4.42 Å². The van der Waals surface area contributed by atoms with Crippen LogP contribution in [0.25, 0.3) is 0 Å². The van der Waals surface area contributed by atoms with E-state index in [0.717, 1.165) is 24.4 Å². The van der Waals surface area contributed by atoms with Gasteiger partial charge in [0.2, 0.25) is 11.7 Å². The van der Waals surface area contributed by atoms with Crippen LogP contribution in [0, 0.1) is 5.92 Å². The number of likely N-dealkylation sites (tertiary alicyclic amines) is 1. The predicted octanol–water partition coefficient (Wildman–Crippen LogP) is 1.99. The van der Waals surface area contributed by atoms with Gasteiger partial charge in [-0.2, -0.15) is 0 Å². The fourth-order valence-corrected chi connectivity index (χ4v) is 4.47. The number of carbonyl (C=O) groups excluding carboxylic acids is 2. The van der Waals surface area contributed by atoms with Crippen LogP contribution in [0.3, 0.4) is 0 Å². The molecule has 0 radical (unpaired) electrons. The van der Waals surface area contributed by atoms with Gasteiger partial charge in [0.15, 0.2) is 0 Å². The Hall–Kier alpha value is -3.42. The van der Waals surface area contributed by atoms with Crippen LogP contribution in [-0.4, -0.2) is 44.6 Å². The number of benzene rings is 1. The van der Waals surface area contributed by atoms with Crippen LogP contribution in [0.15, 0.2) is 53.1 Å². The number of amides is 2. The van der Waals surface area contributed by atoms with Gasteiger partial charge in [0, 0.05) is 25.6 Å². The summed E-state index contributed by atoms with van der Waals surface area (Å²) in [5.41, 5.74) is 1.02. The molecule has 8 nitrogen and oxygen atoms in total. The third-order valence-corrected chi connectivity index (χ3v) is 6.03. The molecule has 3 aromatic rings. The molecule has 5 rings (SSSR count). The Bertz CT molecular complexity index is 1040. The number of furan rings is 1. The standard InChI is InChI=1S/C22H23N5O3/c28-19(11-15-5-2-1-3-6-15)26-13-16-8-9-27-20(18(16)14-26)24-25-21(27)22(29)23-12-17-7-4-10-30-17/h1-7,10,16,18H,8-9,11-14H2,(H,23,29)/t16-,18-/m0/s1. The first-order valence-corrected chi connectivity index (χ1v) is 10.2. The molecule has 0 saturated carbocycles. The number of aromatic nitrogens is 3. The first-order chi connectivity index (χ1) is 14.7. The lowest BCUT2D eigenvalue weighted by Crippen LogP contribution is -2.30. The van der Waals surface area contributed by atoms with E-state index in [0.29, 0.717) is 43.6 Å². The first kappa shape index (κ1) is 18.6. The molecule has 0 unspecified atom stereocenters. The Kier molecular flexibility index (Phi) is 4.82. The van der Waals surface area contributed by atoms with Crippen molar-refractivity contribution in [1.29, 1.82) is 0 Å². The Morgan fingerprint density at radius 1 is 1.10 bits per heavy atom. The summed E-state index contributed by atoms with van der Waals surface area (Å²) in [6, 6.07) is 13.4. The lowest BCUT2D eigenvalue weighted by Gasteiger charge is -2.24. The van der Waals surface area contributed by atoms with Gasteiger partial charge in [0.1, 0.15) is 11.6 Å². The van der Waals surface area contributed by atoms with Crippen molar-refractivity contribution in [3.05, 3.63) is 71.7 Å². The molecular formula is C22H23N5O3. The zero-order chi connectivity index (χ0) is 20.5. The van der Waals surface area contributed by atoms with Crippen molar-refractivity contribution >= 4 is 11.8 Å². The Labute approximate surface area is 173 Å². The minimum Gasteiger partial charge on any atom is -0.467 e. The molecule has 8 heteroatoms. The van der Waals surface area contributed by atoms with Gasteiger partial charge in [-0.15, -0.1) is 10.2 Å². The van der Waals surface area contributed by atoms with Gasteiger partial charge in [-0.05, 0) is 30.0 Å². The van der Waals surface area contributed by atoms with Crippen LogP contribution in [0.4, 0.5) is 0 Å². The Balaban J connectivity index is 1.27. The molecule has 0 bridgehead atoms. The van der Waals surface area contributed by atoms with E-state index in [1.165, 1.54) is 0 Å². The van der Waals surface area contributed by atoms with Gasteiger partial charge >= 0.3 is 0 Å². The Morgan fingerprint density at radius 3 is 2.77 bits per heavy atom. The molecule has 1 saturated heterocycles. The van der Waals surface area contributed by atoms with Crippen LogP contribution in [0.1, 0.15) is 40.1 Å². The van der Waals surface area contributed by atoms with E-state index in [2.05, 4.69) is 15.5 Å². The normalized spacial score (nSPS) is 19.9. The van der Waals surface area contributed by atoms with Crippen molar-refractivity contribution in [2.24, 2.45) is 5.92 Å². The maximum absolute atomic E-state index is 12.8. The zero-order valence-electron chi connectivity index (χ0n) is 16.5. The van der Waals surface area contributed by atoms with Crippen molar-refractivity contribution in [1.82, 2.24) is 25.0 Å². The quantitative estimate of drug-likeness (QED) is 0.701. The van der Waals surface area contributed by atoms with Gasteiger partial charge in [-0.25, -0.2) is 0 Å². The summed E-state index contributed by atoms with van der Waals surface area (Å²) in [5.74, 6) is 2.17. The molecule has 2 aromatic heterocycles. The fourth-order valence-electron chi connectivity index (χ4n) is 4.47. The molecule has 2 atom stereocenters. The van der Waals surface area contributed by atoms with Crippen LogP contribution in [0.2, 0.25) is 0 Å². The molecule has 2 aliphatic heterocycles. The fraction of sp³-hybridized carbons (Fsp3) is 0.364. The van der Waals surface area contributed by atoms with E-state index >= 15 is 0 Å². The molecule has 1 aromatic carbocycles.